The molecule has 128 valence electrons. The molecule has 0 aliphatic rings. The normalized spacial score (nSPS) is 10.6. The molecule has 0 atom stereocenters. The highest BCUT2D eigenvalue weighted by molar-refractivity contribution is 5.89. The zero-order valence-corrected chi connectivity index (χ0v) is 14.4. The van der Waals surface area contributed by atoms with Crippen LogP contribution in [0.5, 0.6) is 5.75 Å². The number of hydrogen-bond acceptors (Lipinski definition) is 4. The fourth-order valence-electron chi connectivity index (χ4n) is 2.25. The van der Waals surface area contributed by atoms with Gasteiger partial charge in [-0.3, -0.25) is 0 Å². The molecule has 0 aliphatic heterocycles. The van der Waals surface area contributed by atoms with Gasteiger partial charge in [-0.2, -0.15) is 0 Å². The smallest absolute Gasteiger partial charge is 0.338 e. The summed E-state index contributed by atoms with van der Waals surface area (Å²) in [6.07, 6.45) is 1.69. The van der Waals surface area contributed by atoms with E-state index in [2.05, 4.69) is 17.0 Å². The Morgan fingerprint density at radius 3 is 2.33 bits per heavy atom. The fourth-order valence-corrected chi connectivity index (χ4v) is 2.25. The number of hydrogen-bond donors (Lipinski definition) is 0. The zero-order valence-electron chi connectivity index (χ0n) is 14.4. The van der Waals surface area contributed by atoms with Gasteiger partial charge >= 0.3 is 5.97 Å². The van der Waals surface area contributed by atoms with Crippen molar-refractivity contribution in [1.82, 2.24) is 4.90 Å². The first kappa shape index (κ1) is 18.0. The average Bonchev–Trinajstić information content (AvgIpc) is 2.60. The van der Waals surface area contributed by atoms with Crippen molar-refractivity contribution < 1.29 is 14.3 Å². The van der Waals surface area contributed by atoms with Crippen LogP contribution in [0.3, 0.4) is 0 Å². The molecule has 0 amide bonds. The Bertz CT molecular complexity index is 609. The van der Waals surface area contributed by atoms with E-state index >= 15 is 0 Å². The second kappa shape index (κ2) is 9.73. The maximum atomic E-state index is 11.9. The Morgan fingerprint density at radius 2 is 1.67 bits per heavy atom. The van der Waals surface area contributed by atoms with Gasteiger partial charge in [-0.15, -0.1) is 0 Å². The standard InChI is InChI=1S/C20H25NO3/c1-21(2)14-6-15-24-20(22)18-9-11-19(12-10-18)23-16-13-17-7-4-3-5-8-17/h3-5,7-12H,6,13-16H2,1-2H3. The van der Waals surface area contributed by atoms with Crippen LogP contribution in [0.2, 0.25) is 0 Å². The molecule has 0 heterocycles. The topological polar surface area (TPSA) is 38.8 Å². The molecule has 0 saturated heterocycles. The van der Waals surface area contributed by atoms with Crippen molar-refractivity contribution in [2.24, 2.45) is 0 Å². The van der Waals surface area contributed by atoms with E-state index in [9.17, 15) is 4.79 Å². The van der Waals surface area contributed by atoms with Crippen LogP contribution in [0.1, 0.15) is 22.3 Å². The van der Waals surface area contributed by atoms with Gasteiger partial charge in [0.25, 0.3) is 0 Å². The highest BCUT2D eigenvalue weighted by Gasteiger charge is 2.07. The maximum Gasteiger partial charge on any atom is 0.338 e. The second-order valence-electron chi connectivity index (χ2n) is 5.90. The Labute approximate surface area is 144 Å². The minimum atomic E-state index is -0.287. The molecule has 0 N–H and O–H groups in total. The quantitative estimate of drug-likeness (QED) is 0.522. The van der Waals surface area contributed by atoms with E-state index in [0.717, 1.165) is 25.1 Å². The predicted octanol–water partition coefficient (Wildman–Crippen LogP) is 3.42. The van der Waals surface area contributed by atoms with Gasteiger partial charge < -0.3 is 14.4 Å². The molecule has 0 fully saturated rings. The van der Waals surface area contributed by atoms with Crippen LogP contribution in [0.4, 0.5) is 0 Å². The molecule has 4 nitrogen and oxygen atoms in total. The lowest BCUT2D eigenvalue weighted by molar-refractivity contribution is 0.0493. The van der Waals surface area contributed by atoms with Crippen LogP contribution >= 0.6 is 0 Å². The first-order chi connectivity index (χ1) is 11.6. The molecule has 2 aromatic carbocycles. The number of carbonyl (C=O) groups excluding carboxylic acids is 1. The minimum Gasteiger partial charge on any atom is -0.493 e. The monoisotopic (exact) mass is 327 g/mol. The van der Waals surface area contributed by atoms with E-state index in [1.54, 1.807) is 24.3 Å². The Balaban J connectivity index is 1.72. The van der Waals surface area contributed by atoms with E-state index < -0.39 is 0 Å². The van der Waals surface area contributed by atoms with E-state index in [-0.39, 0.29) is 5.97 Å². The highest BCUT2D eigenvalue weighted by atomic mass is 16.5. The van der Waals surface area contributed by atoms with E-state index in [0.29, 0.717) is 18.8 Å². The first-order valence-corrected chi connectivity index (χ1v) is 8.24. The van der Waals surface area contributed by atoms with Gasteiger partial charge in [0.05, 0.1) is 18.8 Å². The fraction of sp³-hybridized carbons (Fsp3) is 0.350. The summed E-state index contributed by atoms with van der Waals surface area (Å²) in [7, 11) is 4.00. The van der Waals surface area contributed by atoms with Crippen molar-refractivity contribution in [3.05, 3.63) is 65.7 Å². The lowest BCUT2D eigenvalue weighted by Gasteiger charge is -2.10. The van der Waals surface area contributed by atoms with Crippen molar-refractivity contribution in [3.63, 3.8) is 0 Å². The van der Waals surface area contributed by atoms with Gasteiger partial charge in [0, 0.05) is 13.0 Å². The average molecular weight is 327 g/mol. The van der Waals surface area contributed by atoms with Gasteiger partial charge in [-0.1, -0.05) is 30.3 Å². The lowest BCUT2D eigenvalue weighted by atomic mass is 10.2. The molecule has 2 rings (SSSR count). The van der Waals surface area contributed by atoms with Crippen LogP contribution in [-0.2, 0) is 11.2 Å². The molecule has 0 spiro atoms. The third-order valence-corrected chi connectivity index (χ3v) is 3.58. The minimum absolute atomic E-state index is 0.287. The molecule has 0 aliphatic carbocycles. The number of rotatable bonds is 9. The Hall–Kier alpha value is -2.33. The van der Waals surface area contributed by atoms with Gasteiger partial charge in [0.15, 0.2) is 0 Å². The maximum absolute atomic E-state index is 11.9. The van der Waals surface area contributed by atoms with Crippen molar-refractivity contribution in [2.45, 2.75) is 12.8 Å². The molecule has 0 unspecified atom stereocenters. The van der Waals surface area contributed by atoms with Crippen LogP contribution in [0, 0.1) is 0 Å². The Morgan fingerprint density at radius 1 is 0.958 bits per heavy atom. The van der Waals surface area contributed by atoms with Crippen molar-refractivity contribution >= 4 is 5.97 Å². The van der Waals surface area contributed by atoms with Crippen LogP contribution < -0.4 is 4.74 Å². The molecule has 2 aromatic rings. The third-order valence-electron chi connectivity index (χ3n) is 3.58. The zero-order chi connectivity index (χ0) is 17.2. The molecule has 0 saturated carbocycles. The largest absolute Gasteiger partial charge is 0.493 e. The second-order valence-corrected chi connectivity index (χ2v) is 5.90. The summed E-state index contributed by atoms with van der Waals surface area (Å²) in [4.78, 5) is 14.0. The van der Waals surface area contributed by atoms with Gasteiger partial charge in [-0.05, 0) is 50.3 Å². The van der Waals surface area contributed by atoms with Crippen molar-refractivity contribution in [2.75, 3.05) is 33.9 Å². The number of esters is 1. The SMILES string of the molecule is CN(C)CCCOC(=O)c1ccc(OCCc2ccccc2)cc1. The first-order valence-electron chi connectivity index (χ1n) is 8.24. The number of nitrogens with zero attached hydrogens (tertiary/aromatic N) is 1. The van der Waals surface area contributed by atoms with E-state index in [4.69, 9.17) is 9.47 Å². The van der Waals surface area contributed by atoms with Crippen LogP contribution in [0.25, 0.3) is 0 Å². The van der Waals surface area contributed by atoms with Crippen molar-refractivity contribution in [3.8, 4) is 5.75 Å². The van der Waals surface area contributed by atoms with Gasteiger partial charge in [0.1, 0.15) is 5.75 Å². The summed E-state index contributed by atoms with van der Waals surface area (Å²) in [6, 6.07) is 17.3. The van der Waals surface area contributed by atoms with Gasteiger partial charge in [-0.25, -0.2) is 4.79 Å². The molecule has 24 heavy (non-hydrogen) atoms. The van der Waals surface area contributed by atoms with E-state index in [1.807, 2.05) is 32.3 Å². The van der Waals surface area contributed by atoms with Crippen LogP contribution in [-0.4, -0.2) is 44.7 Å². The highest BCUT2D eigenvalue weighted by Crippen LogP contribution is 2.13. The van der Waals surface area contributed by atoms with Gasteiger partial charge in [0.2, 0.25) is 0 Å². The summed E-state index contributed by atoms with van der Waals surface area (Å²) in [5.74, 6) is 0.472. The molecular formula is C20H25NO3. The molecular weight excluding hydrogens is 302 g/mol. The number of ether oxygens (including phenoxy) is 2. The summed E-state index contributed by atoms with van der Waals surface area (Å²) >= 11 is 0. The number of carbonyl (C=O) groups is 1. The summed E-state index contributed by atoms with van der Waals surface area (Å²) in [5.41, 5.74) is 1.80. The molecule has 4 heteroatoms. The summed E-state index contributed by atoms with van der Waals surface area (Å²) < 4.78 is 11.0. The van der Waals surface area contributed by atoms with E-state index in [1.165, 1.54) is 5.56 Å². The van der Waals surface area contributed by atoms with Crippen LogP contribution in [0.15, 0.2) is 54.6 Å². The summed E-state index contributed by atoms with van der Waals surface area (Å²) in [6.45, 7) is 1.95. The third kappa shape index (κ3) is 6.42. The molecule has 0 radical (unpaired) electrons. The Kier molecular flexibility index (Phi) is 7.30. The van der Waals surface area contributed by atoms with Crippen molar-refractivity contribution in [1.29, 1.82) is 0 Å². The lowest BCUT2D eigenvalue weighted by Crippen LogP contribution is -2.16. The molecule has 0 bridgehead atoms. The number of benzene rings is 2. The predicted molar refractivity (Wildman–Crippen MR) is 95.5 cm³/mol. The summed E-state index contributed by atoms with van der Waals surface area (Å²) in [5, 5.41) is 0. The molecule has 0 aromatic heterocycles.